The molecule has 0 atom stereocenters. The van der Waals surface area contributed by atoms with E-state index < -0.39 is 0 Å². The zero-order valence-electron chi connectivity index (χ0n) is 7.38. The Balaban J connectivity index is 2.85. The van der Waals surface area contributed by atoms with Gasteiger partial charge in [-0.15, -0.1) is 0 Å². The van der Waals surface area contributed by atoms with Crippen LogP contribution >= 0.6 is 0 Å². The molecule has 0 spiro atoms. The molecule has 0 aliphatic heterocycles. The second kappa shape index (κ2) is 4.27. The van der Waals surface area contributed by atoms with Crippen molar-refractivity contribution in [1.29, 1.82) is 0 Å². The summed E-state index contributed by atoms with van der Waals surface area (Å²) in [5.41, 5.74) is 8.15. The molecule has 0 radical (unpaired) electrons. The lowest BCUT2D eigenvalue weighted by molar-refractivity contribution is 0.232. The van der Waals surface area contributed by atoms with Crippen molar-refractivity contribution < 1.29 is 4.74 Å². The molecule has 0 aliphatic rings. The number of hydrogen-bond acceptors (Lipinski definition) is 4. The molecule has 1 heterocycles. The van der Waals surface area contributed by atoms with Gasteiger partial charge in [-0.05, 0) is 24.5 Å². The summed E-state index contributed by atoms with van der Waals surface area (Å²) in [6.45, 7) is 3.77. The average molecular weight is 179 g/mol. The highest BCUT2D eigenvalue weighted by atomic mass is 16.5. The Hall–Kier alpha value is -1.81. The van der Waals surface area contributed by atoms with Gasteiger partial charge in [-0.2, -0.15) is 0 Å². The van der Waals surface area contributed by atoms with Crippen LogP contribution in [0, 0.1) is 0 Å². The van der Waals surface area contributed by atoms with E-state index >= 15 is 0 Å². The lowest BCUT2D eigenvalue weighted by Gasteiger charge is -2.07. The molecule has 0 aromatic carbocycles. The van der Waals surface area contributed by atoms with E-state index in [0.29, 0.717) is 5.88 Å². The molecule has 1 aromatic heterocycles. The van der Waals surface area contributed by atoms with Crippen LogP contribution in [-0.2, 0) is 0 Å². The van der Waals surface area contributed by atoms with Crippen LogP contribution in [0.25, 0.3) is 10.4 Å². The van der Waals surface area contributed by atoms with E-state index in [1.807, 2.05) is 13.8 Å². The third kappa shape index (κ3) is 2.96. The van der Waals surface area contributed by atoms with Gasteiger partial charge in [0.2, 0.25) is 5.88 Å². The van der Waals surface area contributed by atoms with E-state index in [0.717, 1.165) is 0 Å². The summed E-state index contributed by atoms with van der Waals surface area (Å²) < 4.78 is 5.27. The lowest BCUT2D eigenvalue weighted by Crippen LogP contribution is -2.06. The minimum atomic E-state index is 0.0359. The first-order valence-electron chi connectivity index (χ1n) is 3.76. The van der Waals surface area contributed by atoms with Crippen molar-refractivity contribution >= 4 is 5.82 Å². The highest BCUT2D eigenvalue weighted by Crippen LogP contribution is 2.14. The number of azide groups is 1. The standard InChI is InChI=1S/C7H9N5O/c1-5(2)13-7-3-6(11-12-8)9-4-10-7/h3-5H,1-2H3. The maximum Gasteiger partial charge on any atom is 0.216 e. The minimum absolute atomic E-state index is 0.0359. The predicted molar refractivity (Wildman–Crippen MR) is 46.6 cm³/mol. The number of rotatable bonds is 3. The van der Waals surface area contributed by atoms with E-state index in [2.05, 4.69) is 20.0 Å². The fourth-order valence-electron chi connectivity index (χ4n) is 0.736. The molecule has 1 aromatic rings. The van der Waals surface area contributed by atoms with Gasteiger partial charge in [0.15, 0.2) is 0 Å². The Morgan fingerprint density at radius 3 is 2.92 bits per heavy atom. The Kier molecular flexibility index (Phi) is 3.05. The van der Waals surface area contributed by atoms with Gasteiger partial charge >= 0.3 is 0 Å². The Morgan fingerprint density at radius 2 is 2.31 bits per heavy atom. The first kappa shape index (κ1) is 9.28. The Labute approximate surface area is 75.2 Å². The predicted octanol–water partition coefficient (Wildman–Crippen LogP) is 2.21. The smallest absolute Gasteiger partial charge is 0.216 e. The van der Waals surface area contributed by atoms with Gasteiger partial charge in [0.1, 0.15) is 12.1 Å². The molecule has 6 nitrogen and oxygen atoms in total. The first-order valence-corrected chi connectivity index (χ1v) is 3.76. The zero-order chi connectivity index (χ0) is 9.68. The second-order valence-corrected chi connectivity index (χ2v) is 2.57. The molecule has 13 heavy (non-hydrogen) atoms. The molecule has 0 amide bonds. The van der Waals surface area contributed by atoms with Crippen LogP contribution in [0.4, 0.5) is 5.82 Å². The summed E-state index contributed by atoms with van der Waals surface area (Å²) in [7, 11) is 0. The van der Waals surface area contributed by atoms with Crippen molar-refractivity contribution in [1.82, 2.24) is 9.97 Å². The summed E-state index contributed by atoms with van der Waals surface area (Å²) in [6, 6.07) is 1.49. The zero-order valence-corrected chi connectivity index (χ0v) is 7.38. The monoisotopic (exact) mass is 179 g/mol. The van der Waals surface area contributed by atoms with Crippen molar-refractivity contribution in [3.05, 3.63) is 22.8 Å². The molecule has 0 bridgehead atoms. The summed E-state index contributed by atoms with van der Waals surface area (Å²) in [6.07, 6.45) is 1.33. The molecule has 68 valence electrons. The summed E-state index contributed by atoms with van der Waals surface area (Å²) >= 11 is 0. The third-order valence-electron chi connectivity index (χ3n) is 1.13. The van der Waals surface area contributed by atoms with Crippen LogP contribution < -0.4 is 4.74 Å². The molecule has 0 saturated heterocycles. The van der Waals surface area contributed by atoms with Crippen LogP contribution in [0.15, 0.2) is 17.5 Å². The fraction of sp³-hybridized carbons (Fsp3) is 0.429. The SMILES string of the molecule is CC(C)Oc1cc(N=[N+]=[N-])ncn1. The van der Waals surface area contributed by atoms with Crippen LogP contribution in [0.1, 0.15) is 13.8 Å². The fourth-order valence-corrected chi connectivity index (χ4v) is 0.736. The van der Waals surface area contributed by atoms with Gasteiger partial charge in [0, 0.05) is 11.0 Å². The number of hydrogen-bond donors (Lipinski definition) is 0. The highest BCUT2D eigenvalue weighted by Gasteiger charge is 1.99. The van der Waals surface area contributed by atoms with Gasteiger partial charge < -0.3 is 4.74 Å². The van der Waals surface area contributed by atoms with Gasteiger partial charge in [-0.1, -0.05) is 0 Å². The van der Waals surface area contributed by atoms with E-state index in [9.17, 15) is 0 Å². The lowest BCUT2D eigenvalue weighted by atomic mass is 10.5. The highest BCUT2D eigenvalue weighted by molar-refractivity contribution is 5.30. The van der Waals surface area contributed by atoms with Crippen molar-refractivity contribution in [3.8, 4) is 5.88 Å². The molecular weight excluding hydrogens is 170 g/mol. The molecule has 0 fully saturated rings. The summed E-state index contributed by atoms with van der Waals surface area (Å²) in [4.78, 5) is 10.2. The van der Waals surface area contributed by atoms with E-state index in [-0.39, 0.29) is 11.9 Å². The van der Waals surface area contributed by atoms with Gasteiger partial charge in [0.05, 0.1) is 6.10 Å². The largest absolute Gasteiger partial charge is 0.475 e. The molecule has 0 saturated carbocycles. The molecule has 1 rings (SSSR count). The van der Waals surface area contributed by atoms with Gasteiger partial charge in [-0.3, -0.25) is 0 Å². The van der Waals surface area contributed by atoms with Crippen LogP contribution in [0.3, 0.4) is 0 Å². The van der Waals surface area contributed by atoms with Crippen LogP contribution in [0.5, 0.6) is 5.88 Å². The van der Waals surface area contributed by atoms with E-state index in [1.54, 1.807) is 0 Å². The first-order chi connectivity index (χ1) is 6.22. The van der Waals surface area contributed by atoms with Gasteiger partial charge in [-0.25, -0.2) is 9.97 Å². The van der Waals surface area contributed by atoms with Crippen molar-refractivity contribution in [2.45, 2.75) is 20.0 Å². The topological polar surface area (TPSA) is 83.8 Å². The minimum Gasteiger partial charge on any atom is -0.475 e. The molecule has 0 aliphatic carbocycles. The Bertz CT molecular complexity index is 331. The number of nitrogens with zero attached hydrogens (tertiary/aromatic N) is 5. The van der Waals surface area contributed by atoms with Crippen molar-refractivity contribution in [3.63, 3.8) is 0 Å². The normalized spacial score (nSPS) is 9.46. The Morgan fingerprint density at radius 1 is 1.54 bits per heavy atom. The summed E-state index contributed by atoms with van der Waals surface area (Å²) in [5.74, 6) is 0.667. The molecule has 0 unspecified atom stereocenters. The van der Waals surface area contributed by atoms with Crippen molar-refractivity contribution in [2.24, 2.45) is 5.11 Å². The van der Waals surface area contributed by atoms with Crippen LogP contribution in [-0.4, -0.2) is 16.1 Å². The quantitative estimate of drug-likeness (QED) is 0.405. The number of ether oxygens (including phenoxy) is 1. The van der Waals surface area contributed by atoms with E-state index in [4.69, 9.17) is 10.3 Å². The summed E-state index contributed by atoms with van der Waals surface area (Å²) in [5, 5.41) is 3.32. The molecule has 6 heteroatoms. The molecule has 0 N–H and O–H groups in total. The van der Waals surface area contributed by atoms with Crippen LogP contribution in [0.2, 0.25) is 0 Å². The molecular formula is C7H9N5O. The maximum absolute atomic E-state index is 8.15. The second-order valence-electron chi connectivity index (χ2n) is 2.57. The maximum atomic E-state index is 8.15. The number of aromatic nitrogens is 2. The van der Waals surface area contributed by atoms with E-state index in [1.165, 1.54) is 12.4 Å². The van der Waals surface area contributed by atoms with Crippen molar-refractivity contribution in [2.75, 3.05) is 0 Å². The average Bonchev–Trinajstić information content (AvgIpc) is 2.04. The van der Waals surface area contributed by atoms with Gasteiger partial charge in [0.25, 0.3) is 0 Å². The third-order valence-corrected chi connectivity index (χ3v) is 1.13.